The number of benzene rings is 1. The first-order valence-corrected chi connectivity index (χ1v) is 5.54. The first kappa shape index (κ1) is 14.3. The van der Waals surface area contributed by atoms with E-state index in [0.717, 1.165) is 0 Å². The molecule has 104 valence electrons. The van der Waals surface area contributed by atoms with E-state index in [4.69, 9.17) is 11.6 Å². The molecule has 0 radical (unpaired) electrons. The van der Waals surface area contributed by atoms with Gasteiger partial charge in [0.2, 0.25) is 0 Å². The van der Waals surface area contributed by atoms with Crippen LogP contribution >= 0.6 is 11.6 Å². The molecule has 0 aliphatic rings. The van der Waals surface area contributed by atoms with Crippen LogP contribution in [-0.2, 0) is 0 Å². The van der Waals surface area contributed by atoms with E-state index in [-0.39, 0.29) is 11.9 Å². The molecule has 0 unspecified atom stereocenters. The third-order valence-electron chi connectivity index (χ3n) is 2.32. The highest BCUT2D eigenvalue weighted by Crippen LogP contribution is 2.20. The summed E-state index contributed by atoms with van der Waals surface area (Å²) in [6.07, 6.45) is 1.21. The predicted octanol–water partition coefficient (Wildman–Crippen LogP) is 3.54. The second kappa shape index (κ2) is 5.46. The number of carbonyl (C=O) groups is 1. The Morgan fingerprint density at radius 3 is 2.40 bits per heavy atom. The van der Waals surface area contributed by atoms with Crippen LogP contribution in [0.1, 0.15) is 10.4 Å². The second-order valence-electron chi connectivity index (χ2n) is 3.66. The van der Waals surface area contributed by atoms with Gasteiger partial charge in [-0.25, -0.2) is 22.5 Å². The molecule has 8 heteroatoms. The van der Waals surface area contributed by atoms with Crippen molar-refractivity contribution in [2.45, 2.75) is 0 Å². The topological polar surface area (TPSA) is 42.0 Å². The average molecular weight is 305 g/mol. The molecule has 0 atom stereocenters. The van der Waals surface area contributed by atoms with Crippen molar-refractivity contribution in [3.8, 4) is 0 Å². The Labute approximate surface area is 115 Å². The van der Waals surface area contributed by atoms with E-state index in [2.05, 4.69) is 10.3 Å². The molecule has 0 saturated carbocycles. The predicted molar refractivity (Wildman–Crippen MR) is 63.5 cm³/mol. The average Bonchev–Trinajstić information content (AvgIpc) is 2.43. The molecule has 2 aromatic rings. The van der Waals surface area contributed by atoms with Gasteiger partial charge in [-0.1, -0.05) is 11.6 Å². The quantitative estimate of drug-likeness (QED) is 0.524. The molecule has 2 rings (SSSR count). The summed E-state index contributed by atoms with van der Waals surface area (Å²) in [7, 11) is 0. The number of halogens is 5. The van der Waals surface area contributed by atoms with E-state index >= 15 is 0 Å². The van der Waals surface area contributed by atoms with Crippen LogP contribution in [0, 0.1) is 23.3 Å². The van der Waals surface area contributed by atoms with Gasteiger partial charge in [-0.15, -0.1) is 0 Å². The number of aromatic nitrogens is 1. The summed E-state index contributed by atoms with van der Waals surface area (Å²) >= 11 is 5.57. The number of rotatable bonds is 2. The summed E-state index contributed by atoms with van der Waals surface area (Å²) in [5, 5.41) is 2.39. The van der Waals surface area contributed by atoms with Gasteiger partial charge in [0.1, 0.15) is 5.82 Å². The molecule has 0 fully saturated rings. The van der Waals surface area contributed by atoms with Crippen molar-refractivity contribution in [2.24, 2.45) is 0 Å². The van der Waals surface area contributed by atoms with Gasteiger partial charge < -0.3 is 5.32 Å². The highest BCUT2D eigenvalue weighted by atomic mass is 35.5. The molecular formula is C12H5ClF4N2O. The SMILES string of the molecule is O=C(Nc1ccc(Cl)cn1)c1cc(F)c(F)c(F)c1F. The molecule has 0 aliphatic heterocycles. The molecule has 0 aliphatic carbocycles. The van der Waals surface area contributed by atoms with Crippen LogP contribution in [0.3, 0.4) is 0 Å². The van der Waals surface area contributed by atoms with Crippen molar-refractivity contribution in [3.63, 3.8) is 0 Å². The highest BCUT2D eigenvalue weighted by molar-refractivity contribution is 6.30. The van der Waals surface area contributed by atoms with Gasteiger partial charge in [-0.3, -0.25) is 4.79 Å². The zero-order valence-corrected chi connectivity index (χ0v) is 10.3. The molecule has 1 aromatic heterocycles. The maximum atomic E-state index is 13.4. The van der Waals surface area contributed by atoms with Gasteiger partial charge in [0, 0.05) is 6.20 Å². The van der Waals surface area contributed by atoms with Gasteiger partial charge in [-0.05, 0) is 18.2 Å². The summed E-state index contributed by atoms with van der Waals surface area (Å²) in [6, 6.07) is 2.96. The smallest absolute Gasteiger partial charge is 0.260 e. The molecule has 1 N–H and O–H groups in total. The zero-order valence-electron chi connectivity index (χ0n) is 9.55. The lowest BCUT2D eigenvalue weighted by Crippen LogP contribution is -2.16. The van der Waals surface area contributed by atoms with Crippen LogP contribution in [0.25, 0.3) is 0 Å². The van der Waals surface area contributed by atoms with Crippen molar-refractivity contribution in [1.82, 2.24) is 4.98 Å². The molecule has 1 aromatic carbocycles. The number of pyridine rings is 1. The van der Waals surface area contributed by atoms with Gasteiger partial charge in [0.25, 0.3) is 5.91 Å². The largest absolute Gasteiger partial charge is 0.306 e. The monoisotopic (exact) mass is 304 g/mol. The number of nitrogens with one attached hydrogen (secondary N) is 1. The number of amides is 1. The van der Waals surface area contributed by atoms with Crippen LogP contribution < -0.4 is 5.32 Å². The molecule has 1 heterocycles. The maximum Gasteiger partial charge on any atom is 0.260 e. The minimum absolute atomic E-state index is 0.0102. The standard InChI is InChI=1S/C12H5ClF4N2O/c13-5-1-2-8(18-4-5)19-12(20)6-3-7(14)10(16)11(17)9(6)15/h1-4H,(H,18,19,20). The van der Waals surface area contributed by atoms with Crippen molar-refractivity contribution in [3.05, 3.63) is 58.3 Å². The molecular weight excluding hydrogens is 300 g/mol. The van der Waals surface area contributed by atoms with E-state index < -0.39 is 34.7 Å². The molecule has 20 heavy (non-hydrogen) atoms. The molecule has 0 bridgehead atoms. The summed E-state index contributed by atoms with van der Waals surface area (Å²) in [5.41, 5.74) is -0.974. The summed E-state index contributed by atoms with van der Waals surface area (Å²) in [6.45, 7) is 0. The Balaban J connectivity index is 2.32. The van der Waals surface area contributed by atoms with Crippen LogP contribution in [-0.4, -0.2) is 10.9 Å². The molecule has 1 amide bonds. The van der Waals surface area contributed by atoms with Gasteiger partial charge in [0.15, 0.2) is 23.3 Å². The fraction of sp³-hybridized carbons (Fsp3) is 0. The van der Waals surface area contributed by atoms with E-state index in [1.165, 1.54) is 18.3 Å². The molecule has 0 saturated heterocycles. The normalized spacial score (nSPS) is 10.4. The minimum atomic E-state index is -2.06. The van der Waals surface area contributed by atoms with Crippen molar-refractivity contribution < 1.29 is 22.4 Å². The number of carbonyl (C=O) groups excluding carboxylic acids is 1. The Morgan fingerprint density at radius 2 is 1.80 bits per heavy atom. The Morgan fingerprint density at radius 1 is 1.10 bits per heavy atom. The lowest BCUT2D eigenvalue weighted by molar-refractivity contribution is 0.102. The fourth-order valence-electron chi connectivity index (χ4n) is 1.37. The van der Waals surface area contributed by atoms with E-state index in [1.807, 2.05) is 0 Å². The lowest BCUT2D eigenvalue weighted by Gasteiger charge is -2.07. The summed E-state index contributed by atoms with van der Waals surface area (Å²) < 4.78 is 52.1. The molecule has 0 spiro atoms. The van der Waals surface area contributed by atoms with Crippen molar-refractivity contribution >= 4 is 23.3 Å². The summed E-state index contributed by atoms with van der Waals surface area (Å²) in [5.74, 6) is -8.67. The van der Waals surface area contributed by atoms with Crippen LogP contribution in [0.5, 0.6) is 0 Å². The second-order valence-corrected chi connectivity index (χ2v) is 4.10. The number of hydrogen-bond donors (Lipinski definition) is 1. The Hall–Kier alpha value is -2.15. The van der Waals surface area contributed by atoms with E-state index in [0.29, 0.717) is 5.02 Å². The Bertz CT molecular complexity index is 676. The van der Waals surface area contributed by atoms with Gasteiger partial charge in [-0.2, -0.15) is 0 Å². The fourth-order valence-corrected chi connectivity index (χ4v) is 1.48. The van der Waals surface area contributed by atoms with Gasteiger partial charge >= 0.3 is 0 Å². The maximum absolute atomic E-state index is 13.4. The lowest BCUT2D eigenvalue weighted by atomic mass is 10.1. The zero-order chi connectivity index (χ0) is 14.9. The number of nitrogens with zero attached hydrogens (tertiary/aromatic N) is 1. The number of hydrogen-bond acceptors (Lipinski definition) is 2. The summed E-state index contributed by atoms with van der Waals surface area (Å²) in [4.78, 5) is 15.3. The van der Waals surface area contributed by atoms with Crippen LogP contribution in [0.15, 0.2) is 24.4 Å². The highest BCUT2D eigenvalue weighted by Gasteiger charge is 2.23. The van der Waals surface area contributed by atoms with Crippen LogP contribution in [0.4, 0.5) is 23.4 Å². The first-order valence-electron chi connectivity index (χ1n) is 5.16. The third-order valence-corrected chi connectivity index (χ3v) is 2.54. The van der Waals surface area contributed by atoms with E-state index in [9.17, 15) is 22.4 Å². The van der Waals surface area contributed by atoms with Crippen LogP contribution in [0.2, 0.25) is 5.02 Å². The van der Waals surface area contributed by atoms with E-state index in [1.54, 1.807) is 0 Å². The van der Waals surface area contributed by atoms with Crippen molar-refractivity contribution in [1.29, 1.82) is 0 Å². The molecule has 3 nitrogen and oxygen atoms in total. The number of anilines is 1. The Kier molecular flexibility index (Phi) is 3.89. The third kappa shape index (κ3) is 2.72. The minimum Gasteiger partial charge on any atom is -0.306 e. The van der Waals surface area contributed by atoms with Crippen molar-refractivity contribution in [2.75, 3.05) is 5.32 Å². The first-order chi connectivity index (χ1) is 9.40. The van der Waals surface area contributed by atoms with Gasteiger partial charge in [0.05, 0.1) is 10.6 Å².